The number of pyridine rings is 1. The Kier molecular flexibility index (Phi) is 4.07. The fourth-order valence-electron chi connectivity index (χ4n) is 3.11. The molecular weight excluding hydrogens is 310 g/mol. The third kappa shape index (κ3) is 2.94. The Morgan fingerprint density at radius 1 is 1.04 bits per heavy atom. The van der Waals surface area contributed by atoms with Crippen LogP contribution in [0.3, 0.4) is 0 Å². The molecule has 0 bridgehead atoms. The van der Waals surface area contributed by atoms with Crippen molar-refractivity contribution < 1.29 is 0 Å². The van der Waals surface area contributed by atoms with Gasteiger partial charge in [-0.05, 0) is 46.7 Å². The molecule has 25 heavy (non-hydrogen) atoms. The quantitative estimate of drug-likeness (QED) is 0.776. The molecule has 0 saturated heterocycles. The minimum absolute atomic E-state index is 0.331. The lowest BCUT2D eigenvalue weighted by Gasteiger charge is -2.28. The molecule has 0 fully saturated rings. The van der Waals surface area contributed by atoms with E-state index in [4.69, 9.17) is 5.73 Å². The molecular formula is C20H18N5. The molecule has 1 aliphatic heterocycles. The first-order valence-electron chi connectivity index (χ1n) is 8.21. The minimum atomic E-state index is -0.758. The van der Waals surface area contributed by atoms with Gasteiger partial charge in [0.05, 0.1) is 6.21 Å². The van der Waals surface area contributed by atoms with Crippen molar-refractivity contribution in [3.63, 3.8) is 0 Å². The number of aromatic nitrogens is 1. The molecule has 4 rings (SSSR count). The van der Waals surface area contributed by atoms with Crippen LogP contribution in [0, 0.1) is 6.42 Å². The second-order valence-corrected chi connectivity index (χ2v) is 6.15. The first-order chi connectivity index (χ1) is 12.3. The molecule has 1 radical (unpaired) electrons. The van der Waals surface area contributed by atoms with Gasteiger partial charge in [0.2, 0.25) is 0 Å². The lowest BCUT2D eigenvalue weighted by Crippen LogP contribution is -2.45. The third-order valence-corrected chi connectivity index (χ3v) is 4.58. The summed E-state index contributed by atoms with van der Waals surface area (Å²) < 4.78 is 0. The minimum Gasteiger partial charge on any atom is -0.325 e. The Balaban J connectivity index is 1.64. The van der Waals surface area contributed by atoms with Gasteiger partial charge >= 0.3 is 0 Å². The molecule has 1 aliphatic rings. The normalized spacial score (nSPS) is 20.2. The zero-order valence-corrected chi connectivity index (χ0v) is 13.7. The molecule has 2 aromatic carbocycles. The molecule has 2 unspecified atom stereocenters. The highest BCUT2D eigenvalue weighted by atomic mass is 15.4. The van der Waals surface area contributed by atoms with Crippen LogP contribution in [0.2, 0.25) is 0 Å². The summed E-state index contributed by atoms with van der Waals surface area (Å²) in [4.78, 5) is 4.16. The molecule has 2 N–H and O–H groups in total. The van der Waals surface area contributed by atoms with Crippen molar-refractivity contribution in [3.05, 3.63) is 84.5 Å². The monoisotopic (exact) mass is 328 g/mol. The van der Waals surface area contributed by atoms with Gasteiger partial charge < -0.3 is 5.73 Å². The fraction of sp³-hybridized carbons (Fsp3) is 0.150. The van der Waals surface area contributed by atoms with Crippen molar-refractivity contribution in [1.29, 1.82) is 0 Å². The molecule has 0 amide bonds. The molecule has 2 heterocycles. The van der Waals surface area contributed by atoms with E-state index in [1.165, 1.54) is 5.56 Å². The average Bonchev–Trinajstić information content (AvgIpc) is 3.18. The molecule has 3 aromatic rings. The largest absolute Gasteiger partial charge is 0.325 e. The maximum Gasteiger partial charge on any atom is 0.161 e. The molecule has 0 saturated carbocycles. The summed E-state index contributed by atoms with van der Waals surface area (Å²) in [5.74, 6) is 0. The summed E-state index contributed by atoms with van der Waals surface area (Å²) in [6.07, 6.45) is 8.20. The zero-order chi connectivity index (χ0) is 17.1. The lowest BCUT2D eigenvalue weighted by atomic mass is 9.81. The Morgan fingerprint density at radius 3 is 2.72 bits per heavy atom. The van der Waals surface area contributed by atoms with Crippen molar-refractivity contribution in [2.75, 3.05) is 0 Å². The van der Waals surface area contributed by atoms with Crippen molar-refractivity contribution in [2.45, 2.75) is 18.0 Å². The predicted octanol–water partition coefficient (Wildman–Crippen LogP) is 3.66. The van der Waals surface area contributed by atoms with Crippen LogP contribution in [0.25, 0.3) is 10.8 Å². The van der Waals surface area contributed by atoms with Gasteiger partial charge in [0.15, 0.2) is 5.54 Å². The number of rotatable bonds is 5. The highest BCUT2D eigenvalue weighted by Gasteiger charge is 2.40. The lowest BCUT2D eigenvalue weighted by molar-refractivity contribution is 0.505. The summed E-state index contributed by atoms with van der Waals surface area (Å²) >= 11 is 0. The van der Waals surface area contributed by atoms with Gasteiger partial charge in [-0.1, -0.05) is 42.5 Å². The van der Waals surface area contributed by atoms with Crippen molar-refractivity contribution in [2.24, 2.45) is 21.2 Å². The Labute approximate surface area is 146 Å². The highest BCUT2D eigenvalue weighted by molar-refractivity contribution is 5.85. The fourth-order valence-corrected chi connectivity index (χ4v) is 3.11. The van der Waals surface area contributed by atoms with Gasteiger partial charge in [-0.25, -0.2) is 0 Å². The van der Waals surface area contributed by atoms with Crippen LogP contribution in [0.1, 0.15) is 11.1 Å². The van der Waals surface area contributed by atoms with Gasteiger partial charge in [-0.2, -0.15) is 0 Å². The van der Waals surface area contributed by atoms with E-state index < -0.39 is 5.54 Å². The average molecular weight is 328 g/mol. The number of nitrogens with zero attached hydrogens (tertiary/aromatic N) is 4. The maximum absolute atomic E-state index is 6.53. The van der Waals surface area contributed by atoms with E-state index in [-0.39, 0.29) is 6.04 Å². The highest BCUT2D eigenvalue weighted by Crippen LogP contribution is 2.34. The van der Waals surface area contributed by atoms with E-state index in [0.717, 1.165) is 22.8 Å². The number of nitrogens with two attached hydrogens (primary N) is 1. The number of fused-ring (bicyclic) bond motifs is 1. The molecule has 5 heteroatoms. The van der Waals surface area contributed by atoms with Crippen LogP contribution in [-0.4, -0.2) is 17.2 Å². The van der Waals surface area contributed by atoms with Gasteiger partial charge in [-0.15, -0.1) is 10.2 Å². The summed E-state index contributed by atoms with van der Waals surface area (Å²) in [6, 6.07) is 18.0. The second kappa shape index (κ2) is 6.53. The Hall–Kier alpha value is -2.92. The molecule has 0 spiro atoms. The summed E-state index contributed by atoms with van der Waals surface area (Å²) in [6.45, 7) is 0. The van der Waals surface area contributed by atoms with Gasteiger partial charge in [0.25, 0.3) is 0 Å². The first-order valence-corrected chi connectivity index (χ1v) is 8.21. The van der Waals surface area contributed by atoms with Crippen molar-refractivity contribution in [3.8, 4) is 0 Å². The Bertz CT molecular complexity index is 921. The van der Waals surface area contributed by atoms with Crippen molar-refractivity contribution >= 4 is 17.0 Å². The second-order valence-electron chi connectivity index (χ2n) is 6.15. The SMILES string of the molecule is NC([CH]Cc1ccccc1)C1(c2ccc3cnccc3c2)C=NN=N1. The summed E-state index contributed by atoms with van der Waals surface area (Å²) in [7, 11) is 0. The molecule has 5 nitrogen and oxygen atoms in total. The van der Waals surface area contributed by atoms with Crippen LogP contribution in [-0.2, 0) is 12.0 Å². The van der Waals surface area contributed by atoms with E-state index in [1.807, 2.05) is 42.6 Å². The smallest absolute Gasteiger partial charge is 0.161 e. The molecule has 2 atom stereocenters. The van der Waals surface area contributed by atoms with Crippen LogP contribution in [0.15, 0.2) is 82.4 Å². The maximum atomic E-state index is 6.53. The molecule has 123 valence electrons. The Morgan fingerprint density at radius 2 is 1.92 bits per heavy atom. The van der Waals surface area contributed by atoms with E-state index in [0.29, 0.717) is 0 Å². The number of benzene rings is 2. The van der Waals surface area contributed by atoms with E-state index in [2.05, 4.69) is 45.0 Å². The third-order valence-electron chi connectivity index (χ3n) is 4.58. The van der Waals surface area contributed by atoms with Crippen LogP contribution in [0.4, 0.5) is 0 Å². The van der Waals surface area contributed by atoms with Gasteiger partial charge in [-0.3, -0.25) is 4.98 Å². The topological polar surface area (TPSA) is 76.0 Å². The van der Waals surface area contributed by atoms with E-state index in [1.54, 1.807) is 12.4 Å². The number of hydrogen-bond acceptors (Lipinski definition) is 5. The first kappa shape index (κ1) is 15.6. The van der Waals surface area contributed by atoms with Crippen LogP contribution < -0.4 is 5.73 Å². The number of hydrogen-bond donors (Lipinski definition) is 1. The van der Waals surface area contributed by atoms with E-state index >= 15 is 0 Å². The molecule has 0 aliphatic carbocycles. The van der Waals surface area contributed by atoms with Gasteiger partial charge in [0.1, 0.15) is 0 Å². The van der Waals surface area contributed by atoms with Crippen LogP contribution >= 0.6 is 0 Å². The predicted molar refractivity (Wildman–Crippen MR) is 99.2 cm³/mol. The van der Waals surface area contributed by atoms with Gasteiger partial charge in [0, 0.05) is 23.8 Å². The standard InChI is InChI=1S/C20H18N5/c21-19(9-6-15-4-2-1-3-5-15)20(14-23-25-24-20)18-8-7-17-13-22-11-10-16(17)12-18/h1-5,7-14,19H,6,21H2. The summed E-state index contributed by atoms with van der Waals surface area (Å²) in [5.41, 5.74) is 7.96. The summed E-state index contributed by atoms with van der Waals surface area (Å²) in [5, 5.41) is 14.4. The van der Waals surface area contributed by atoms with Crippen LogP contribution in [0.5, 0.6) is 0 Å². The van der Waals surface area contributed by atoms with Crippen molar-refractivity contribution in [1.82, 2.24) is 4.98 Å². The molecule has 1 aromatic heterocycles. The zero-order valence-electron chi connectivity index (χ0n) is 13.7. The van der Waals surface area contributed by atoms with E-state index in [9.17, 15) is 0 Å².